The zero-order chi connectivity index (χ0) is 22.6. The maximum Gasteiger partial charge on any atom is 0.225 e. The van der Waals surface area contributed by atoms with E-state index in [1.807, 2.05) is 17.0 Å². The Labute approximate surface area is 197 Å². The van der Waals surface area contributed by atoms with Crippen LogP contribution in [0.3, 0.4) is 0 Å². The van der Waals surface area contributed by atoms with Crippen LogP contribution in [0.15, 0.2) is 48.5 Å². The largest absolute Gasteiger partial charge is 0.352 e. The first kappa shape index (κ1) is 22.1. The second-order valence-electron chi connectivity index (χ2n) is 9.94. The predicted octanol–water partition coefficient (Wildman–Crippen LogP) is 4.36. The minimum atomic E-state index is -0.227. The molecule has 0 unspecified atom stereocenters. The molecule has 5 rings (SSSR count). The molecule has 1 atom stereocenters. The van der Waals surface area contributed by atoms with Gasteiger partial charge in [-0.2, -0.15) is 0 Å². The zero-order valence-electron chi connectivity index (χ0n) is 19.5. The van der Waals surface area contributed by atoms with Crippen molar-refractivity contribution in [3.05, 3.63) is 59.7 Å². The van der Waals surface area contributed by atoms with Crippen LogP contribution in [0.2, 0.25) is 0 Å². The van der Waals surface area contributed by atoms with E-state index in [1.165, 1.54) is 49.9 Å². The van der Waals surface area contributed by atoms with Gasteiger partial charge in [0.05, 0.1) is 5.92 Å². The lowest BCUT2D eigenvalue weighted by Gasteiger charge is -2.23. The van der Waals surface area contributed by atoms with E-state index in [0.29, 0.717) is 25.6 Å². The molecule has 3 aliphatic rings. The van der Waals surface area contributed by atoms with Crippen LogP contribution in [0.25, 0.3) is 11.1 Å². The predicted molar refractivity (Wildman–Crippen MR) is 130 cm³/mol. The van der Waals surface area contributed by atoms with Crippen LogP contribution in [-0.2, 0) is 22.7 Å². The van der Waals surface area contributed by atoms with E-state index in [1.54, 1.807) is 0 Å². The van der Waals surface area contributed by atoms with Gasteiger partial charge in [0.2, 0.25) is 11.8 Å². The molecule has 5 heteroatoms. The second kappa shape index (κ2) is 10.1. The highest BCUT2D eigenvalue weighted by Gasteiger charge is 2.38. The molecule has 3 fully saturated rings. The number of rotatable bonds is 7. The Morgan fingerprint density at radius 3 is 2.42 bits per heavy atom. The van der Waals surface area contributed by atoms with Gasteiger partial charge < -0.3 is 10.2 Å². The Kier molecular flexibility index (Phi) is 6.77. The highest BCUT2D eigenvalue weighted by molar-refractivity contribution is 5.89. The molecule has 0 aromatic heterocycles. The van der Waals surface area contributed by atoms with Gasteiger partial charge in [0.15, 0.2) is 0 Å². The van der Waals surface area contributed by atoms with Crippen molar-refractivity contribution >= 4 is 11.8 Å². The van der Waals surface area contributed by atoms with Crippen molar-refractivity contribution in [2.75, 3.05) is 19.6 Å². The van der Waals surface area contributed by atoms with Crippen LogP contribution < -0.4 is 5.32 Å². The van der Waals surface area contributed by atoms with E-state index in [-0.39, 0.29) is 17.7 Å². The summed E-state index contributed by atoms with van der Waals surface area (Å²) < 4.78 is 0. The molecule has 0 bridgehead atoms. The SMILES string of the molecule is O=C(NCc1ccccc1-c1ccc(CN2CCCC2)cc1)[C@@H]1CC(=O)N(C2CCCC2)C1. The quantitative estimate of drug-likeness (QED) is 0.689. The van der Waals surface area contributed by atoms with Crippen molar-refractivity contribution in [3.8, 4) is 11.1 Å². The molecule has 2 aliphatic heterocycles. The van der Waals surface area contributed by atoms with E-state index < -0.39 is 0 Å². The van der Waals surface area contributed by atoms with Crippen LogP contribution in [-0.4, -0.2) is 47.3 Å². The average Bonchev–Trinajstić information content (AvgIpc) is 3.61. The summed E-state index contributed by atoms with van der Waals surface area (Å²) in [5, 5.41) is 3.12. The Morgan fingerprint density at radius 2 is 1.67 bits per heavy atom. The molecule has 2 saturated heterocycles. The van der Waals surface area contributed by atoms with Gasteiger partial charge in [0, 0.05) is 32.1 Å². The van der Waals surface area contributed by atoms with Gasteiger partial charge in [-0.25, -0.2) is 0 Å². The molecular formula is C28H35N3O2. The smallest absolute Gasteiger partial charge is 0.225 e. The summed E-state index contributed by atoms with van der Waals surface area (Å²) in [6.07, 6.45) is 7.54. The number of nitrogens with zero attached hydrogens (tertiary/aromatic N) is 2. The molecule has 5 nitrogen and oxygen atoms in total. The van der Waals surface area contributed by atoms with Gasteiger partial charge in [-0.05, 0) is 61.0 Å². The summed E-state index contributed by atoms with van der Waals surface area (Å²) in [5.74, 6) is -0.0776. The molecule has 1 N–H and O–H groups in total. The van der Waals surface area contributed by atoms with Crippen molar-refractivity contribution in [2.45, 2.75) is 64.1 Å². The van der Waals surface area contributed by atoms with Crippen molar-refractivity contribution in [1.82, 2.24) is 15.1 Å². The normalized spacial score (nSPS) is 21.8. The first-order valence-electron chi connectivity index (χ1n) is 12.6. The zero-order valence-corrected chi connectivity index (χ0v) is 19.5. The Bertz CT molecular complexity index is 975. The highest BCUT2D eigenvalue weighted by atomic mass is 16.2. The van der Waals surface area contributed by atoms with E-state index in [2.05, 4.69) is 46.6 Å². The van der Waals surface area contributed by atoms with Crippen molar-refractivity contribution in [3.63, 3.8) is 0 Å². The number of hydrogen-bond donors (Lipinski definition) is 1. The van der Waals surface area contributed by atoms with Crippen LogP contribution in [0.5, 0.6) is 0 Å². The fourth-order valence-electron chi connectivity index (χ4n) is 5.75. The first-order chi connectivity index (χ1) is 16.2. The lowest BCUT2D eigenvalue weighted by molar-refractivity contribution is -0.130. The number of carbonyl (C=O) groups excluding carboxylic acids is 2. The second-order valence-corrected chi connectivity index (χ2v) is 9.94. The fourth-order valence-corrected chi connectivity index (χ4v) is 5.75. The minimum Gasteiger partial charge on any atom is -0.352 e. The molecule has 2 amide bonds. The molecule has 2 heterocycles. The maximum absolute atomic E-state index is 12.9. The third-order valence-electron chi connectivity index (χ3n) is 7.63. The van der Waals surface area contributed by atoms with Crippen molar-refractivity contribution in [2.24, 2.45) is 5.92 Å². The van der Waals surface area contributed by atoms with Crippen molar-refractivity contribution in [1.29, 1.82) is 0 Å². The Hall–Kier alpha value is -2.66. The number of benzene rings is 2. The maximum atomic E-state index is 12.9. The number of amides is 2. The lowest BCUT2D eigenvalue weighted by atomic mass is 9.98. The number of hydrogen-bond acceptors (Lipinski definition) is 3. The monoisotopic (exact) mass is 445 g/mol. The average molecular weight is 446 g/mol. The first-order valence-corrected chi connectivity index (χ1v) is 12.6. The van der Waals surface area contributed by atoms with E-state index in [0.717, 1.165) is 30.5 Å². The number of carbonyl (C=O) groups is 2. The van der Waals surface area contributed by atoms with E-state index >= 15 is 0 Å². The molecule has 0 spiro atoms. The molecule has 2 aromatic carbocycles. The highest BCUT2D eigenvalue weighted by Crippen LogP contribution is 2.30. The molecular weight excluding hydrogens is 410 g/mol. The van der Waals surface area contributed by atoms with Crippen LogP contribution >= 0.6 is 0 Å². The Balaban J connectivity index is 1.20. The third-order valence-corrected chi connectivity index (χ3v) is 7.63. The fraction of sp³-hybridized carbons (Fsp3) is 0.500. The summed E-state index contributed by atoms with van der Waals surface area (Å²) in [6, 6.07) is 17.5. The summed E-state index contributed by atoms with van der Waals surface area (Å²) in [7, 11) is 0. The summed E-state index contributed by atoms with van der Waals surface area (Å²) in [6.45, 7) is 4.49. The molecule has 33 heavy (non-hydrogen) atoms. The van der Waals surface area contributed by atoms with Gasteiger partial charge in [0.1, 0.15) is 0 Å². The van der Waals surface area contributed by atoms with Gasteiger partial charge in [-0.3, -0.25) is 14.5 Å². The van der Waals surface area contributed by atoms with Crippen LogP contribution in [0.4, 0.5) is 0 Å². The molecule has 1 saturated carbocycles. The summed E-state index contributed by atoms with van der Waals surface area (Å²) in [5.41, 5.74) is 4.79. The van der Waals surface area contributed by atoms with E-state index in [4.69, 9.17) is 0 Å². The van der Waals surface area contributed by atoms with Crippen LogP contribution in [0.1, 0.15) is 56.1 Å². The molecule has 1 aliphatic carbocycles. The van der Waals surface area contributed by atoms with Crippen LogP contribution in [0, 0.1) is 5.92 Å². The number of likely N-dealkylation sites (tertiary alicyclic amines) is 2. The van der Waals surface area contributed by atoms with Gasteiger partial charge in [-0.15, -0.1) is 0 Å². The van der Waals surface area contributed by atoms with Gasteiger partial charge >= 0.3 is 0 Å². The van der Waals surface area contributed by atoms with Gasteiger partial charge in [-0.1, -0.05) is 61.4 Å². The standard InChI is InChI=1S/C28H35N3O2/c32-27-17-24(20-31(27)25-8-2-3-9-25)28(33)29-18-23-7-1-4-10-26(23)22-13-11-21(12-14-22)19-30-15-5-6-16-30/h1,4,7,10-14,24-25H,2-3,5-6,8-9,15-20H2,(H,29,33)/t24-/m1/s1. The van der Waals surface area contributed by atoms with E-state index in [9.17, 15) is 9.59 Å². The minimum absolute atomic E-state index is 0.000360. The summed E-state index contributed by atoms with van der Waals surface area (Å²) in [4.78, 5) is 29.8. The number of nitrogens with one attached hydrogen (secondary N) is 1. The molecule has 2 aromatic rings. The topological polar surface area (TPSA) is 52.7 Å². The molecule has 174 valence electrons. The van der Waals surface area contributed by atoms with Crippen molar-refractivity contribution < 1.29 is 9.59 Å². The third kappa shape index (κ3) is 5.14. The lowest BCUT2D eigenvalue weighted by Crippen LogP contribution is -2.36. The summed E-state index contributed by atoms with van der Waals surface area (Å²) >= 11 is 0. The Morgan fingerprint density at radius 1 is 0.939 bits per heavy atom. The molecule has 0 radical (unpaired) electrons. The van der Waals surface area contributed by atoms with Gasteiger partial charge in [0.25, 0.3) is 0 Å².